The van der Waals surface area contributed by atoms with Gasteiger partial charge in [-0.25, -0.2) is 0 Å². The Balaban J connectivity index is 1.63. The molecule has 3 rings (SSSR count). The van der Waals surface area contributed by atoms with E-state index >= 15 is 0 Å². The monoisotopic (exact) mass is 432 g/mol. The zero-order valence-electron chi connectivity index (χ0n) is 16.1. The third kappa shape index (κ3) is 5.02. The molecule has 1 heterocycles. The fourth-order valence-electron chi connectivity index (χ4n) is 3.41. The summed E-state index contributed by atoms with van der Waals surface area (Å²) in [5.74, 6) is -0.238. The summed E-state index contributed by atoms with van der Waals surface area (Å²) in [6.07, 6.45) is 0. The first kappa shape index (κ1) is 21.0. The Hall–Kier alpha value is -2.71. The number of nitrogens with zero attached hydrogens (tertiary/aromatic N) is 3. The van der Waals surface area contributed by atoms with Crippen LogP contribution in [0.1, 0.15) is 21.5 Å². The molecule has 2 aromatic carbocycles. The van der Waals surface area contributed by atoms with Crippen LogP contribution in [0.5, 0.6) is 0 Å². The van der Waals surface area contributed by atoms with E-state index in [9.17, 15) is 14.9 Å². The van der Waals surface area contributed by atoms with Gasteiger partial charge in [-0.1, -0.05) is 28.8 Å². The second-order valence-corrected chi connectivity index (χ2v) is 7.82. The fraction of sp³-hybridized carbons (Fsp3) is 0.300. The number of thiocarbonyl (C=S) groups is 1. The number of nitrogens with one attached hydrogen (secondary N) is 1. The number of carbonyl (C=O) groups is 1. The molecule has 0 atom stereocenters. The van der Waals surface area contributed by atoms with Crippen molar-refractivity contribution in [1.29, 1.82) is 0 Å². The van der Waals surface area contributed by atoms with E-state index in [2.05, 4.69) is 5.32 Å². The number of nitro groups is 1. The number of piperazine rings is 1. The van der Waals surface area contributed by atoms with Crippen LogP contribution in [-0.4, -0.2) is 47.0 Å². The third-order valence-corrected chi connectivity index (χ3v) is 5.34. The molecule has 0 unspecified atom stereocenters. The number of aryl methyl sites for hydroxylation is 2. The molecule has 9 heteroatoms. The first-order chi connectivity index (χ1) is 13.7. The minimum atomic E-state index is -0.428. The summed E-state index contributed by atoms with van der Waals surface area (Å²) in [6.45, 7) is 6.07. The minimum Gasteiger partial charge on any atom is -0.362 e. The first-order valence-corrected chi connectivity index (χ1v) is 9.90. The summed E-state index contributed by atoms with van der Waals surface area (Å²) < 4.78 is 0. The van der Waals surface area contributed by atoms with Crippen molar-refractivity contribution in [2.24, 2.45) is 0 Å². The van der Waals surface area contributed by atoms with Gasteiger partial charge in [0.15, 0.2) is 5.11 Å². The lowest BCUT2D eigenvalue weighted by atomic mass is 10.1. The van der Waals surface area contributed by atoms with Gasteiger partial charge in [-0.2, -0.15) is 0 Å². The van der Waals surface area contributed by atoms with E-state index in [0.29, 0.717) is 47.6 Å². The summed E-state index contributed by atoms with van der Waals surface area (Å²) in [6, 6.07) is 10.3. The second kappa shape index (κ2) is 8.75. The first-order valence-electron chi connectivity index (χ1n) is 9.12. The highest BCUT2D eigenvalue weighted by molar-refractivity contribution is 7.80. The van der Waals surface area contributed by atoms with Gasteiger partial charge in [0.25, 0.3) is 11.6 Å². The van der Waals surface area contributed by atoms with Gasteiger partial charge in [-0.3, -0.25) is 20.2 Å². The maximum Gasteiger partial charge on any atom is 0.294 e. The molecule has 0 bridgehead atoms. The van der Waals surface area contributed by atoms with Gasteiger partial charge in [0.1, 0.15) is 5.69 Å². The molecular formula is C20H21ClN4O3S. The molecule has 7 nitrogen and oxygen atoms in total. The number of nitro benzene ring substituents is 1. The van der Waals surface area contributed by atoms with Crippen molar-refractivity contribution in [3.63, 3.8) is 0 Å². The highest BCUT2D eigenvalue weighted by Crippen LogP contribution is 2.31. The van der Waals surface area contributed by atoms with Crippen molar-refractivity contribution in [2.45, 2.75) is 13.8 Å². The topological polar surface area (TPSA) is 78.7 Å². The Morgan fingerprint density at radius 2 is 1.72 bits per heavy atom. The molecule has 1 amide bonds. The summed E-state index contributed by atoms with van der Waals surface area (Å²) in [4.78, 5) is 27.2. The number of hydrogen-bond donors (Lipinski definition) is 1. The predicted molar refractivity (Wildman–Crippen MR) is 118 cm³/mol. The van der Waals surface area contributed by atoms with Crippen LogP contribution in [0.15, 0.2) is 36.4 Å². The number of carbonyl (C=O) groups excluding carboxylic acids is 1. The third-order valence-electron chi connectivity index (χ3n) is 4.75. The lowest BCUT2D eigenvalue weighted by Crippen LogP contribution is -2.52. The van der Waals surface area contributed by atoms with Gasteiger partial charge in [-0.15, -0.1) is 0 Å². The van der Waals surface area contributed by atoms with Crippen LogP contribution < -0.4 is 10.2 Å². The zero-order valence-corrected chi connectivity index (χ0v) is 17.7. The Morgan fingerprint density at radius 1 is 1.10 bits per heavy atom. The minimum absolute atomic E-state index is 0.0170. The van der Waals surface area contributed by atoms with Crippen LogP contribution in [-0.2, 0) is 0 Å². The molecule has 0 radical (unpaired) electrons. The van der Waals surface area contributed by atoms with Gasteiger partial charge in [-0.05, 0) is 50.3 Å². The average molecular weight is 433 g/mol. The maximum atomic E-state index is 12.5. The van der Waals surface area contributed by atoms with Crippen molar-refractivity contribution in [1.82, 2.24) is 10.2 Å². The average Bonchev–Trinajstić information content (AvgIpc) is 2.67. The molecule has 1 N–H and O–H groups in total. The van der Waals surface area contributed by atoms with Crippen molar-refractivity contribution >= 4 is 46.2 Å². The van der Waals surface area contributed by atoms with Crippen LogP contribution in [0, 0.1) is 24.0 Å². The standard InChI is InChI=1S/C20H21ClN4O3S/c1-13-9-14(2)11-15(10-13)19(26)22-20(29)24-7-5-23(6-8-24)17-4-3-16(21)12-18(17)25(27)28/h3-4,9-12H,5-8H2,1-2H3,(H,22,26,29). The number of anilines is 1. The molecule has 0 aliphatic carbocycles. The molecule has 1 aliphatic heterocycles. The van der Waals surface area contributed by atoms with E-state index < -0.39 is 4.92 Å². The van der Waals surface area contributed by atoms with E-state index in [4.69, 9.17) is 23.8 Å². The Labute approximate surface area is 179 Å². The largest absolute Gasteiger partial charge is 0.362 e. The molecule has 0 spiro atoms. The number of hydrogen-bond acceptors (Lipinski definition) is 5. The van der Waals surface area contributed by atoms with Gasteiger partial charge in [0.05, 0.1) is 4.92 Å². The lowest BCUT2D eigenvalue weighted by Gasteiger charge is -2.37. The van der Waals surface area contributed by atoms with Crippen molar-refractivity contribution in [3.8, 4) is 0 Å². The highest BCUT2D eigenvalue weighted by atomic mass is 35.5. The number of halogens is 1. The van der Waals surface area contributed by atoms with Gasteiger partial charge >= 0.3 is 0 Å². The van der Waals surface area contributed by atoms with Crippen molar-refractivity contribution in [2.75, 3.05) is 31.1 Å². The van der Waals surface area contributed by atoms with Crippen LogP contribution in [0.3, 0.4) is 0 Å². The Bertz CT molecular complexity index is 954. The summed E-state index contributed by atoms with van der Waals surface area (Å²) in [5, 5.41) is 14.8. The predicted octanol–water partition coefficient (Wildman–Crippen LogP) is 3.70. The van der Waals surface area contributed by atoms with E-state index in [1.54, 1.807) is 12.1 Å². The zero-order chi connectivity index (χ0) is 21.1. The number of amides is 1. The SMILES string of the molecule is Cc1cc(C)cc(C(=O)NC(=S)N2CCN(c3ccc(Cl)cc3[N+](=O)[O-])CC2)c1. The van der Waals surface area contributed by atoms with Gasteiger partial charge in [0.2, 0.25) is 0 Å². The lowest BCUT2D eigenvalue weighted by molar-refractivity contribution is -0.384. The molecule has 1 aliphatic rings. The smallest absolute Gasteiger partial charge is 0.294 e. The van der Waals surface area contributed by atoms with E-state index in [1.165, 1.54) is 6.07 Å². The van der Waals surface area contributed by atoms with Crippen molar-refractivity contribution in [3.05, 3.63) is 68.2 Å². The normalized spacial score (nSPS) is 13.9. The molecular weight excluding hydrogens is 412 g/mol. The summed E-state index contributed by atoms with van der Waals surface area (Å²) >= 11 is 11.3. The van der Waals surface area contributed by atoms with Gasteiger partial charge in [0, 0.05) is 42.8 Å². The van der Waals surface area contributed by atoms with E-state index in [-0.39, 0.29) is 11.6 Å². The Kier molecular flexibility index (Phi) is 6.34. The van der Waals surface area contributed by atoms with Gasteiger partial charge < -0.3 is 9.80 Å². The van der Waals surface area contributed by atoms with E-state index in [0.717, 1.165) is 11.1 Å². The van der Waals surface area contributed by atoms with Crippen LogP contribution in [0.4, 0.5) is 11.4 Å². The maximum absolute atomic E-state index is 12.5. The molecule has 0 aromatic heterocycles. The quantitative estimate of drug-likeness (QED) is 0.452. The highest BCUT2D eigenvalue weighted by Gasteiger charge is 2.25. The van der Waals surface area contributed by atoms with Crippen LogP contribution >= 0.6 is 23.8 Å². The summed E-state index contributed by atoms with van der Waals surface area (Å²) in [5.41, 5.74) is 3.11. The number of rotatable bonds is 3. The molecule has 1 saturated heterocycles. The number of benzene rings is 2. The molecule has 2 aromatic rings. The fourth-order valence-corrected chi connectivity index (χ4v) is 3.86. The molecule has 0 saturated carbocycles. The van der Waals surface area contributed by atoms with Crippen LogP contribution in [0.25, 0.3) is 0 Å². The van der Waals surface area contributed by atoms with Crippen molar-refractivity contribution < 1.29 is 9.72 Å². The van der Waals surface area contributed by atoms with Crippen LogP contribution in [0.2, 0.25) is 5.02 Å². The second-order valence-electron chi connectivity index (χ2n) is 7.00. The Morgan fingerprint density at radius 3 is 2.31 bits per heavy atom. The summed E-state index contributed by atoms with van der Waals surface area (Å²) in [7, 11) is 0. The van der Waals surface area contributed by atoms with E-state index in [1.807, 2.05) is 41.8 Å². The molecule has 1 fully saturated rings. The molecule has 152 valence electrons. The molecule has 29 heavy (non-hydrogen) atoms.